The second-order valence-electron chi connectivity index (χ2n) is 4.54. The molecule has 0 saturated carbocycles. The normalized spacial score (nSPS) is 14.2. The Labute approximate surface area is 137 Å². The summed E-state index contributed by atoms with van der Waals surface area (Å²) in [6.07, 6.45) is 0.737. The smallest absolute Gasteiger partial charge is 0.107 e. The summed E-state index contributed by atoms with van der Waals surface area (Å²) in [6, 6.07) is 11.9. The first-order valence-corrected chi connectivity index (χ1v) is 8.46. The molecular formula is C15H17BrClNOS. The number of ether oxygens (including phenoxy) is 1. The topological polar surface area (TPSA) is 35.2 Å². The molecule has 2 N–H and O–H groups in total. The summed E-state index contributed by atoms with van der Waals surface area (Å²) < 4.78 is 7.87. The summed E-state index contributed by atoms with van der Waals surface area (Å²) in [5.41, 5.74) is 7.30. The van der Waals surface area contributed by atoms with Crippen molar-refractivity contribution in [3.8, 4) is 0 Å². The van der Waals surface area contributed by atoms with Crippen LogP contribution in [-0.4, -0.2) is 6.04 Å². The van der Waals surface area contributed by atoms with Crippen molar-refractivity contribution in [2.24, 2.45) is 5.73 Å². The number of hydrogen-bond acceptors (Lipinski definition) is 3. The predicted molar refractivity (Wildman–Crippen MR) is 89.3 cm³/mol. The highest BCUT2D eigenvalue weighted by molar-refractivity contribution is 9.10. The number of halogens is 2. The molecule has 0 bridgehead atoms. The first-order valence-electron chi connectivity index (χ1n) is 6.47. The molecule has 0 aliphatic heterocycles. The van der Waals surface area contributed by atoms with Crippen LogP contribution in [0.25, 0.3) is 0 Å². The van der Waals surface area contributed by atoms with E-state index in [1.54, 1.807) is 0 Å². The largest absolute Gasteiger partial charge is 0.366 e. The average molecular weight is 375 g/mol. The van der Waals surface area contributed by atoms with E-state index in [-0.39, 0.29) is 12.1 Å². The third-order valence-corrected chi connectivity index (χ3v) is 5.18. The molecular weight excluding hydrogens is 358 g/mol. The summed E-state index contributed by atoms with van der Waals surface area (Å²) >= 11 is 11.1. The van der Waals surface area contributed by atoms with Crippen LogP contribution in [0.2, 0.25) is 4.34 Å². The minimum Gasteiger partial charge on any atom is -0.366 e. The monoisotopic (exact) mass is 373 g/mol. The Hall–Kier alpha value is -0.390. The Morgan fingerprint density at radius 3 is 2.65 bits per heavy atom. The fourth-order valence-electron chi connectivity index (χ4n) is 1.91. The van der Waals surface area contributed by atoms with E-state index in [2.05, 4.69) is 22.9 Å². The third kappa shape index (κ3) is 4.06. The van der Waals surface area contributed by atoms with E-state index in [0.29, 0.717) is 6.61 Å². The van der Waals surface area contributed by atoms with Crippen molar-refractivity contribution in [1.82, 2.24) is 0 Å². The number of nitrogens with two attached hydrogens (primary N) is 1. The molecule has 0 amide bonds. The van der Waals surface area contributed by atoms with E-state index >= 15 is 0 Å². The molecule has 2 nitrogen and oxygen atoms in total. The highest BCUT2D eigenvalue weighted by atomic mass is 79.9. The molecule has 0 spiro atoms. The minimum absolute atomic E-state index is 0.0350. The van der Waals surface area contributed by atoms with Crippen LogP contribution in [0.3, 0.4) is 0 Å². The molecule has 108 valence electrons. The van der Waals surface area contributed by atoms with Gasteiger partial charge in [0.1, 0.15) is 6.10 Å². The summed E-state index contributed by atoms with van der Waals surface area (Å²) in [6.45, 7) is 2.59. The maximum atomic E-state index is 6.19. The Bertz CT molecular complexity index is 560. The molecule has 2 unspecified atom stereocenters. The zero-order chi connectivity index (χ0) is 14.5. The first-order chi connectivity index (χ1) is 9.61. The van der Waals surface area contributed by atoms with Crippen molar-refractivity contribution in [2.75, 3.05) is 0 Å². The van der Waals surface area contributed by atoms with Crippen LogP contribution in [0.15, 0.2) is 40.9 Å². The van der Waals surface area contributed by atoms with Crippen molar-refractivity contribution >= 4 is 38.9 Å². The van der Waals surface area contributed by atoms with Gasteiger partial charge in [0.2, 0.25) is 0 Å². The standard InChI is InChI=1S/C15H17BrClNOS/c1-2-12(18)15(13-7-8-14(17)20-13)19-9-10-5-3-4-6-11(10)16/h3-8,12,15H,2,9,18H2,1H3. The Morgan fingerprint density at radius 1 is 1.30 bits per heavy atom. The second-order valence-corrected chi connectivity index (χ2v) is 7.14. The summed E-state index contributed by atoms with van der Waals surface area (Å²) in [5.74, 6) is 0. The summed E-state index contributed by atoms with van der Waals surface area (Å²) in [5, 5.41) is 0. The van der Waals surface area contributed by atoms with Crippen LogP contribution in [0.4, 0.5) is 0 Å². The Morgan fingerprint density at radius 2 is 2.05 bits per heavy atom. The lowest BCUT2D eigenvalue weighted by atomic mass is 10.1. The van der Waals surface area contributed by atoms with Crippen LogP contribution in [-0.2, 0) is 11.3 Å². The molecule has 0 saturated heterocycles. The third-order valence-electron chi connectivity index (χ3n) is 3.11. The molecule has 1 aromatic heterocycles. The van der Waals surface area contributed by atoms with Gasteiger partial charge in [0.05, 0.1) is 10.9 Å². The van der Waals surface area contributed by atoms with E-state index in [1.165, 1.54) is 11.3 Å². The maximum Gasteiger partial charge on any atom is 0.107 e. The second kappa shape index (κ2) is 7.57. The molecule has 0 radical (unpaired) electrons. The Balaban J connectivity index is 2.11. The molecule has 2 atom stereocenters. The van der Waals surface area contributed by atoms with Gasteiger partial charge < -0.3 is 10.5 Å². The number of thiophene rings is 1. The van der Waals surface area contributed by atoms with Gasteiger partial charge in [0.25, 0.3) is 0 Å². The molecule has 0 aliphatic rings. The Kier molecular flexibility index (Phi) is 6.05. The van der Waals surface area contributed by atoms with Crippen molar-refractivity contribution in [3.05, 3.63) is 55.6 Å². The van der Waals surface area contributed by atoms with Crippen molar-refractivity contribution in [1.29, 1.82) is 0 Å². The van der Waals surface area contributed by atoms with Crippen LogP contribution in [0.5, 0.6) is 0 Å². The average Bonchev–Trinajstić information content (AvgIpc) is 2.87. The molecule has 5 heteroatoms. The lowest BCUT2D eigenvalue weighted by Crippen LogP contribution is -2.29. The van der Waals surface area contributed by atoms with E-state index in [1.807, 2.05) is 36.4 Å². The fourth-order valence-corrected chi connectivity index (χ4v) is 3.49. The zero-order valence-electron chi connectivity index (χ0n) is 11.2. The number of rotatable bonds is 6. The highest BCUT2D eigenvalue weighted by Crippen LogP contribution is 2.32. The van der Waals surface area contributed by atoms with Gasteiger partial charge in [-0.25, -0.2) is 0 Å². The maximum absolute atomic E-state index is 6.19. The van der Waals surface area contributed by atoms with E-state index < -0.39 is 0 Å². The van der Waals surface area contributed by atoms with Gasteiger partial charge in [-0.1, -0.05) is 52.7 Å². The van der Waals surface area contributed by atoms with E-state index in [9.17, 15) is 0 Å². The van der Waals surface area contributed by atoms with Crippen molar-refractivity contribution in [3.63, 3.8) is 0 Å². The van der Waals surface area contributed by atoms with Gasteiger partial charge in [0.15, 0.2) is 0 Å². The summed E-state index contributed by atoms with van der Waals surface area (Å²) in [7, 11) is 0. The lowest BCUT2D eigenvalue weighted by Gasteiger charge is -2.22. The van der Waals surface area contributed by atoms with Gasteiger partial charge in [0, 0.05) is 15.4 Å². The van der Waals surface area contributed by atoms with Crippen molar-refractivity contribution < 1.29 is 4.74 Å². The molecule has 20 heavy (non-hydrogen) atoms. The molecule has 0 aliphatic carbocycles. The predicted octanol–water partition coefficient (Wildman–Crippen LogP) is 5.16. The van der Waals surface area contributed by atoms with Gasteiger partial charge in [-0.05, 0) is 30.2 Å². The quantitative estimate of drug-likeness (QED) is 0.758. The molecule has 0 fully saturated rings. The van der Waals surface area contributed by atoms with Gasteiger partial charge in [-0.15, -0.1) is 11.3 Å². The van der Waals surface area contributed by atoms with Crippen LogP contribution < -0.4 is 5.73 Å². The fraction of sp³-hybridized carbons (Fsp3) is 0.333. The molecule has 2 rings (SSSR count). The minimum atomic E-state index is -0.121. The zero-order valence-corrected chi connectivity index (χ0v) is 14.3. The lowest BCUT2D eigenvalue weighted by molar-refractivity contribution is 0.0233. The van der Waals surface area contributed by atoms with Gasteiger partial charge in [-0.2, -0.15) is 0 Å². The number of hydrogen-bond donors (Lipinski definition) is 1. The SMILES string of the molecule is CCC(N)C(OCc1ccccc1Br)c1ccc(Cl)s1. The van der Waals surface area contributed by atoms with E-state index in [0.717, 1.165) is 25.7 Å². The first kappa shape index (κ1) is 16.0. The van der Waals surface area contributed by atoms with E-state index in [4.69, 9.17) is 22.1 Å². The summed E-state index contributed by atoms with van der Waals surface area (Å²) in [4.78, 5) is 1.08. The highest BCUT2D eigenvalue weighted by Gasteiger charge is 2.21. The number of benzene rings is 1. The van der Waals surface area contributed by atoms with Crippen molar-refractivity contribution in [2.45, 2.75) is 32.1 Å². The van der Waals surface area contributed by atoms with Gasteiger partial charge in [-0.3, -0.25) is 0 Å². The van der Waals surface area contributed by atoms with Crippen LogP contribution >= 0.6 is 38.9 Å². The van der Waals surface area contributed by atoms with Gasteiger partial charge >= 0.3 is 0 Å². The molecule has 1 heterocycles. The van der Waals surface area contributed by atoms with Crippen LogP contribution in [0.1, 0.15) is 29.9 Å². The molecule has 2 aromatic rings. The molecule has 1 aromatic carbocycles. The van der Waals surface area contributed by atoms with Crippen LogP contribution in [0, 0.1) is 0 Å².